The predicted octanol–water partition coefficient (Wildman–Crippen LogP) is 4.00. The van der Waals surface area contributed by atoms with Crippen LogP contribution in [0.25, 0.3) is 0 Å². The molecule has 0 saturated heterocycles. The highest BCUT2D eigenvalue weighted by molar-refractivity contribution is 7.80. The van der Waals surface area contributed by atoms with Crippen molar-refractivity contribution in [2.24, 2.45) is 0 Å². The van der Waals surface area contributed by atoms with Crippen LogP contribution in [-0.2, 0) is 0 Å². The molecule has 0 spiro atoms. The zero-order valence-electron chi connectivity index (χ0n) is 9.58. The first-order valence-corrected chi connectivity index (χ1v) is 6.08. The summed E-state index contributed by atoms with van der Waals surface area (Å²) >= 11 is 11.0. The van der Waals surface area contributed by atoms with Crippen molar-refractivity contribution in [3.63, 3.8) is 0 Å². The minimum Gasteiger partial charge on any atom is -0.436 e. The average molecular weight is 294 g/mol. The minimum atomic E-state index is -0.561. The Morgan fingerprint density at radius 2 is 1.84 bits per heavy atom. The van der Waals surface area contributed by atoms with Crippen molar-refractivity contribution in [2.75, 3.05) is 0 Å². The molecule has 0 atom stereocenters. The monoisotopic (exact) mass is 293 g/mol. The second-order valence-corrected chi connectivity index (χ2v) is 4.38. The van der Waals surface area contributed by atoms with Crippen molar-refractivity contribution >= 4 is 34.6 Å². The Bertz CT molecular complexity index is 631. The van der Waals surface area contributed by atoms with Crippen LogP contribution < -0.4 is 4.74 Å². The number of halogens is 1. The molecule has 2 aromatic carbocycles. The summed E-state index contributed by atoms with van der Waals surface area (Å²) in [5, 5.41) is 11.2. The molecule has 0 saturated carbocycles. The third kappa shape index (κ3) is 3.07. The summed E-state index contributed by atoms with van der Waals surface area (Å²) in [5.41, 5.74) is 0.442. The van der Waals surface area contributed by atoms with E-state index >= 15 is 0 Å². The molecule has 0 fully saturated rings. The molecule has 19 heavy (non-hydrogen) atoms. The van der Waals surface area contributed by atoms with Crippen LogP contribution in [-0.4, -0.2) is 9.97 Å². The van der Waals surface area contributed by atoms with Crippen molar-refractivity contribution < 1.29 is 9.66 Å². The quantitative estimate of drug-likeness (QED) is 0.487. The third-order valence-electron chi connectivity index (χ3n) is 2.35. The van der Waals surface area contributed by atoms with Gasteiger partial charge in [-0.05, 0) is 18.3 Å². The highest BCUT2D eigenvalue weighted by Gasteiger charge is 2.20. The van der Waals surface area contributed by atoms with Crippen LogP contribution in [0.3, 0.4) is 0 Å². The molecule has 0 aliphatic rings. The van der Waals surface area contributed by atoms with E-state index in [4.69, 9.17) is 28.6 Å². The number of thiocarbonyl (C=S) groups is 1. The van der Waals surface area contributed by atoms with Gasteiger partial charge in [0, 0.05) is 11.6 Å². The van der Waals surface area contributed by atoms with Crippen LogP contribution in [0, 0.1) is 10.1 Å². The Balaban J connectivity index is 2.34. The molecule has 6 heteroatoms. The van der Waals surface area contributed by atoms with Crippen LogP contribution in [0.1, 0.15) is 5.56 Å². The Hall–Kier alpha value is -1.98. The van der Waals surface area contributed by atoms with E-state index in [1.54, 1.807) is 24.3 Å². The van der Waals surface area contributed by atoms with Crippen molar-refractivity contribution in [3.05, 3.63) is 69.2 Å². The van der Waals surface area contributed by atoms with Crippen molar-refractivity contribution in [2.45, 2.75) is 0 Å². The highest BCUT2D eigenvalue weighted by atomic mass is 35.5. The summed E-state index contributed by atoms with van der Waals surface area (Å²) in [6, 6.07) is 13.3. The van der Waals surface area contributed by atoms with E-state index < -0.39 is 4.92 Å². The van der Waals surface area contributed by atoms with Gasteiger partial charge in [-0.2, -0.15) is 0 Å². The summed E-state index contributed by atoms with van der Waals surface area (Å²) < 4.78 is 5.38. The molecule has 0 amide bonds. The normalized spacial score (nSPS) is 9.95. The predicted molar refractivity (Wildman–Crippen MR) is 76.9 cm³/mol. The summed E-state index contributed by atoms with van der Waals surface area (Å²) in [4.78, 5) is 10.4. The molecule has 96 valence electrons. The molecule has 0 N–H and O–H groups in total. The lowest BCUT2D eigenvalue weighted by atomic mass is 10.2. The molecular weight excluding hydrogens is 286 g/mol. The Labute approximate surface area is 119 Å². The standard InChI is InChI=1S/C13H8ClNO3S/c14-10-7-4-8-11(15(16)17)12(10)18-13(19)9-5-2-1-3-6-9/h1-8H. The number of hydrogen-bond donors (Lipinski definition) is 0. The summed E-state index contributed by atoms with van der Waals surface area (Å²) in [7, 11) is 0. The topological polar surface area (TPSA) is 52.4 Å². The van der Waals surface area contributed by atoms with Gasteiger partial charge in [-0.3, -0.25) is 10.1 Å². The van der Waals surface area contributed by atoms with Gasteiger partial charge in [-0.15, -0.1) is 0 Å². The van der Waals surface area contributed by atoms with Gasteiger partial charge in [0.2, 0.25) is 5.75 Å². The number of nitro groups is 1. The fourth-order valence-electron chi connectivity index (χ4n) is 1.47. The van der Waals surface area contributed by atoms with E-state index in [-0.39, 0.29) is 21.5 Å². The molecule has 0 unspecified atom stereocenters. The number of para-hydroxylation sites is 1. The molecule has 2 rings (SSSR count). The fraction of sp³-hybridized carbons (Fsp3) is 0. The number of nitro benzene ring substituents is 1. The largest absolute Gasteiger partial charge is 0.436 e. The Morgan fingerprint density at radius 1 is 1.16 bits per heavy atom. The number of rotatable bonds is 3. The lowest BCUT2D eigenvalue weighted by Gasteiger charge is -2.08. The maximum atomic E-state index is 10.9. The van der Waals surface area contributed by atoms with Gasteiger partial charge >= 0.3 is 5.69 Å². The Kier molecular flexibility index (Phi) is 4.09. The zero-order chi connectivity index (χ0) is 13.8. The first kappa shape index (κ1) is 13.5. The number of hydrogen-bond acceptors (Lipinski definition) is 4. The molecule has 0 heterocycles. The average Bonchev–Trinajstić information content (AvgIpc) is 2.41. The molecule has 0 aliphatic carbocycles. The smallest absolute Gasteiger partial charge is 0.313 e. The maximum absolute atomic E-state index is 10.9. The molecule has 4 nitrogen and oxygen atoms in total. The molecule has 0 aliphatic heterocycles. The first-order valence-electron chi connectivity index (χ1n) is 5.29. The van der Waals surface area contributed by atoms with Crippen molar-refractivity contribution in [1.29, 1.82) is 0 Å². The second kappa shape index (κ2) is 5.77. The van der Waals surface area contributed by atoms with E-state index in [2.05, 4.69) is 0 Å². The fourth-order valence-corrected chi connectivity index (χ4v) is 1.90. The van der Waals surface area contributed by atoms with E-state index in [1.807, 2.05) is 6.07 Å². The molecule has 0 aromatic heterocycles. The van der Waals surface area contributed by atoms with Gasteiger partial charge in [0.25, 0.3) is 0 Å². The van der Waals surface area contributed by atoms with Crippen molar-refractivity contribution in [1.82, 2.24) is 0 Å². The van der Waals surface area contributed by atoms with Gasteiger partial charge < -0.3 is 4.74 Å². The second-order valence-electron chi connectivity index (χ2n) is 3.60. The van der Waals surface area contributed by atoms with Crippen LogP contribution in [0.4, 0.5) is 5.69 Å². The first-order chi connectivity index (χ1) is 9.09. The molecule has 0 bridgehead atoms. The van der Waals surface area contributed by atoms with Crippen LogP contribution in [0.2, 0.25) is 5.02 Å². The van der Waals surface area contributed by atoms with E-state index in [0.29, 0.717) is 5.56 Å². The molecular formula is C13H8ClNO3S. The van der Waals surface area contributed by atoms with Crippen LogP contribution in [0.5, 0.6) is 5.75 Å². The lowest BCUT2D eigenvalue weighted by molar-refractivity contribution is -0.385. The zero-order valence-corrected chi connectivity index (χ0v) is 11.1. The van der Waals surface area contributed by atoms with E-state index in [9.17, 15) is 10.1 Å². The van der Waals surface area contributed by atoms with Gasteiger partial charge in [0.1, 0.15) is 0 Å². The number of nitrogens with zero attached hydrogens (tertiary/aromatic N) is 1. The van der Waals surface area contributed by atoms with Crippen LogP contribution in [0.15, 0.2) is 48.5 Å². The SMILES string of the molecule is O=[N+]([O-])c1cccc(Cl)c1OC(=S)c1ccccc1. The third-order valence-corrected chi connectivity index (χ3v) is 2.96. The minimum absolute atomic E-state index is 0.0389. The van der Waals surface area contributed by atoms with E-state index in [0.717, 1.165) is 0 Å². The number of ether oxygens (including phenoxy) is 1. The van der Waals surface area contributed by atoms with Gasteiger partial charge in [-0.25, -0.2) is 0 Å². The Morgan fingerprint density at radius 3 is 2.47 bits per heavy atom. The summed E-state index contributed by atoms with van der Waals surface area (Å²) in [6.07, 6.45) is 0. The van der Waals surface area contributed by atoms with Gasteiger partial charge in [0.15, 0.2) is 5.05 Å². The summed E-state index contributed by atoms with van der Waals surface area (Å²) in [5.74, 6) is -0.0389. The lowest BCUT2D eigenvalue weighted by Crippen LogP contribution is -2.08. The maximum Gasteiger partial charge on any atom is 0.313 e. The van der Waals surface area contributed by atoms with Crippen LogP contribution >= 0.6 is 23.8 Å². The molecule has 0 radical (unpaired) electrons. The number of benzene rings is 2. The highest BCUT2D eigenvalue weighted by Crippen LogP contribution is 2.35. The van der Waals surface area contributed by atoms with Gasteiger partial charge in [0.05, 0.1) is 9.95 Å². The van der Waals surface area contributed by atoms with Crippen molar-refractivity contribution in [3.8, 4) is 5.75 Å². The summed E-state index contributed by atoms with van der Waals surface area (Å²) in [6.45, 7) is 0. The van der Waals surface area contributed by atoms with Gasteiger partial charge in [-0.1, -0.05) is 48.0 Å². The van der Waals surface area contributed by atoms with E-state index in [1.165, 1.54) is 18.2 Å². The molecule has 2 aromatic rings.